The van der Waals surface area contributed by atoms with Gasteiger partial charge in [-0.05, 0) is 19.1 Å². The molecule has 0 bridgehead atoms. The fraction of sp³-hybridized carbons (Fsp3) is 0.444. The van der Waals surface area contributed by atoms with E-state index in [1.165, 1.54) is 0 Å². The van der Waals surface area contributed by atoms with E-state index in [9.17, 15) is 4.79 Å². The first-order valence-corrected chi connectivity index (χ1v) is 8.37. The molecule has 25 heavy (non-hydrogen) atoms. The number of carbonyl (C=O) groups is 1. The number of rotatable bonds is 3. The molecule has 0 unspecified atom stereocenters. The molecule has 0 atom stereocenters. The molecule has 1 aliphatic rings. The van der Waals surface area contributed by atoms with Crippen molar-refractivity contribution in [3.05, 3.63) is 40.9 Å². The maximum atomic E-state index is 12.9. The van der Waals surface area contributed by atoms with Crippen molar-refractivity contribution < 1.29 is 9.32 Å². The number of hydrogen-bond acceptors (Lipinski definition) is 6. The lowest BCUT2D eigenvalue weighted by Crippen LogP contribution is -2.49. The normalized spacial score (nSPS) is 14.7. The van der Waals surface area contributed by atoms with Crippen LogP contribution in [-0.2, 0) is 0 Å². The Bertz CT molecular complexity index is 813. The standard InChI is InChI=1S/C18H21N5O2/c1-12(2)17-16(13(3)21-25-17)18(24)23-8-6-22(7-9-23)15-10-14(11-19)4-5-20-15/h4-5,10,12H,6-9H2,1-3H3. The van der Waals surface area contributed by atoms with Crippen LogP contribution in [0.4, 0.5) is 5.82 Å². The van der Waals surface area contributed by atoms with Crippen LogP contribution in [-0.4, -0.2) is 47.1 Å². The van der Waals surface area contributed by atoms with E-state index >= 15 is 0 Å². The fourth-order valence-electron chi connectivity index (χ4n) is 3.00. The number of carbonyl (C=O) groups excluding carboxylic acids is 1. The van der Waals surface area contributed by atoms with Crippen LogP contribution in [0.15, 0.2) is 22.9 Å². The van der Waals surface area contributed by atoms with Gasteiger partial charge in [-0.2, -0.15) is 5.26 Å². The molecule has 7 nitrogen and oxygen atoms in total. The summed E-state index contributed by atoms with van der Waals surface area (Å²) in [5.41, 5.74) is 1.82. The Morgan fingerprint density at radius 1 is 1.32 bits per heavy atom. The van der Waals surface area contributed by atoms with Crippen molar-refractivity contribution >= 4 is 11.7 Å². The van der Waals surface area contributed by atoms with Crippen LogP contribution < -0.4 is 4.90 Å². The van der Waals surface area contributed by atoms with Gasteiger partial charge in [0.15, 0.2) is 5.76 Å². The highest BCUT2D eigenvalue weighted by Crippen LogP contribution is 2.24. The van der Waals surface area contributed by atoms with Crippen LogP contribution in [0, 0.1) is 18.3 Å². The number of aryl methyl sites for hydroxylation is 1. The summed E-state index contributed by atoms with van der Waals surface area (Å²) in [7, 11) is 0. The second-order valence-electron chi connectivity index (χ2n) is 6.46. The van der Waals surface area contributed by atoms with Crippen molar-refractivity contribution in [2.24, 2.45) is 0 Å². The minimum Gasteiger partial charge on any atom is -0.360 e. The van der Waals surface area contributed by atoms with Gasteiger partial charge in [0.1, 0.15) is 11.4 Å². The molecular formula is C18H21N5O2. The molecule has 0 aromatic carbocycles. The number of aromatic nitrogens is 2. The second-order valence-corrected chi connectivity index (χ2v) is 6.46. The summed E-state index contributed by atoms with van der Waals surface area (Å²) in [6.45, 7) is 8.32. The average Bonchev–Trinajstić information content (AvgIpc) is 3.03. The van der Waals surface area contributed by atoms with Gasteiger partial charge in [0.25, 0.3) is 5.91 Å². The first-order valence-electron chi connectivity index (χ1n) is 8.37. The van der Waals surface area contributed by atoms with Crippen LogP contribution in [0.5, 0.6) is 0 Å². The van der Waals surface area contributed by atoms with E-state index in [1.54, 1.807) is 25.3 Å². The van der Waals surface area contributed by atoms with Crippen molar-refractivity contribution in [3.63, 3.8) is 0 Å². The molecule has 1 aliphatic heterocycles. The highest BCUT2D eigenvalue weighted by atomic mass is 16.5. The molecule has 1 fully saturated rings. The van der Waals surface area contributed by atoms with E-state index in [4.69, 9.17) is 9.78 Å². The van der Waals surface area contributed by atoms with Gasteiger partial charge in [-0.1, -0.05) is 19.0 Å². The lowest BCUT2D eigenvalue weighted by atomic mass is 10.0. The third-order valence-electron chi connectivity index (χ3n) is 4.39. The molecule has 2 aromatic rings. The quantitative estimate of drug-likeness (QED) is 0.853. The van der Waals surface area contributed by atoms with Crippen LogP contribution in [0.2, 0.25) is 0 Å². The molecule has 7 heteroatoms. The summed E-state index contributed by atoms with van der Waals surface area (Å²) in [4.78, 5) is 21.1. The molecule has 0 N–H and O–H groups in total. The molecule has 0 radical (unpaired) electrons. The third kappa shape index (κ3) is 3.33. The molecule has 1 saturated heterocycles. The Labute approximate surface area is 146 Å². The zero-order chi connectivity index (χ0) is 18.0. The zero-order valence-corrected chi connectivity index (χ0v) is 14.7. The SMILES string of the molecule is Cc1noc(C(C)C)c1C(=O)N1CCN(c2cc(C#N)ccn2)CC1. The van der Waals surface area contributed by atoms with Crippen molar-refractivity contribution in [1.29, 1.82) is 5.26 Å². The number of piperazine rings is 1. The summed E-state index contributed by atoms with van der Waals surface area (Å²) < 4.78 is 5.34. The predicted octanol–water partition coefficient (Wildman–Crippen LogP) is 2.34. The van der Waals surface area contributed by atoms with Gasteiger partial charge in [-0.15, -0.1) is 0 Å². The minimum atomic E-state index is -0.0270. The largest absolute Gasteiger partial charge is 0.360 e. The molecule has 2 aromatic heterocycles. The smallest absolute Gasteiger partial charge is 0.259 e. The minimum absolute atomic E-state index is 0.0270. The number of amides is 1. The Morgan fingerprint density at radius 2 is 2.04 bits per heavy atom. The van der Waals surface area contributed by atoms with Crippen LogP contribution in [0.3, 0.4) is 0 Å². The highest BCUT2D eigenvalue weighted by molar-refractivity contribution is 5.96. The van der Waals surface area contributed by atoms with Gasteiger partial charge in [0.05, 0.1) is 17.3 Å². The van der Waals surface area contributed by atoms with Gasteiger partial charge in [-0.25, -0.2) is 4.98 Å². The van der Waals surface area contributed by atoms with Gasteiger partial charge in [0, 0.05) is 38.3 Å². The monoisotopic (exact) mass is 339 g/mol. The summed E-state index contributed by atoms with van der Waals surface area (Å²) >= 11 is 0. The van der Waals surface area contributed by atoms with E-state index in [1.807, 2.05) is 18.7 Å². The first-order chi connectivity index (χ1) is 12.0. The fourth-order valence-corrected chi connectivity index (χ4v) is 3.00. The summed E-state index contributed by atoms with van der Waals surface area (Å²) in [6, 6.07) is 5.59. The molecular weight excluding hydrogens is 318 g/mol. The Hall–Kier alpha value is -2.88. The maximum absolute atomic E-state index is 12.9. The molecule has 0 aliphatic carbocycles. The van der Waals surface area contributed by atoms with Crippen molar-refractivity contribution in [2.75, 3.05) is 31.1 Å². The van der Waals surface area contributed by atoms with Gasteiger partial charge in [0.2, 0.25) is 0 Å². The van der Waals surface area contributed by atoms with Crippen molar-refractivity contribution in [1.82, 2.24) is 15.0 Å². The average molecular weight is 339 g/mol. The lowest BCUT2D eigenvalue weighted by Gasteiger charge is -2.35. The van der Waals surface area contributed by atoms with Crippen LogP contribution in [0.1, 0.15) is 47.1 Å². The van der Waals surface area contributed by atoms with Crippen molar-refractivity contribution in [2.45, 2.75) is 26.7 Å². The topological polar surface area (TPSA) is 86.3 Å². The molecule has 1 amide bonds. The van der Waals surface area contributed by atoms with Crippen LogP contribution in [0.25, 0.3) is 0 Å². The van der Waals surface area contributed by atoms with Crippen LogP contribution >= 0.6 is 0 Å². The van der Waals surface area contributed by atoms with Gasteiger partial charge in [-0.3, -0.25) is 4.79 Å². The summed E-state index contributed by atoms with van der Waals surface area (Å²) in [5, 5.41) is 13.0. The highest BCUT2D eigenvalue weighted by Gasteiger charge is 2.29. The van der Waals surface area contributed by atoms with Gasteiger partial charge < -0.3 is 14.3 Å². The molecule has 0 saturated carbocycles. The molecule has 130 valence electrons. The third-order valence-corrected chi connectivity index (χ3v) is 4.39. The zero-order valence-electron chi connectivity index (χ0n) is 14.7. The van der Waals surface area contributed by atoms with E-state index in [0.717, 1.165) is 5.82 Å². The summed E-state index contributed by atoms with van der Waals surface area (Å²) in [5.74, 6) is 1.50. The number of pyridine rings is 1. The van der Waals surface area contributed by atoms with E-state index in [2.05, 4.69) is 21.1 Å². The number of hydrogen-bond donors (Lipinski definition) is 0. The summed E-state index contributed by atoms with van der Waals surface area (Å²) in [6.07, 6.45) is 1.64. The van der Waals surface area contributed by atoms with E-state index < -0.39 is 0 Å². The van der Waals surface area contributed by atoms with Crippen molar-refractivity contribution in [3.8, 4) is 6.07 Å². The van der Waals surface area contributed by atoms with Gasteiger partial charge >= 0.3 is 0 Å². The second kappa shape index (κ2) is 6.93. The number of nitrogens with zero attached hydrogens (tertiary/aromatic N) is 5. The lowest BCUT2D eigenvalue weighted by molar-refractivity contribution is 0.0743. The molecule has 0 spiro atoms. The maximum Gasteiger partial charge on any atom is 0.259 e. The van der Waals surface area contributed by atoms with E-state index in [-0.39, 0.29) is 11.8 Å². The Kier molecular flexibility index (Phi) is 4.70. The Morgan fingerprint density at radius 3 is 2.68 bits per heavy atom. The predicted molar refractivity (Wildman–Crippen MR) is 92.4 cm³/mol. The van der Waals surface area contributed by atoms with E-state index in [0.29, 0.717) is 48.8 Å². The number of nitriles is 1. The first kappa shape index (κ1) is 17.0. The number of anilines is 1. The Balaban J connectivity index is 1.71. The molecule has 3 heterocycles. The molecule has 3 rings (SSSR count).